The summed E-state index contributed by atoms with van der Waals surface area (Å²) < 4.78 is 0. The molecule has 0 rings (SSSR count). The Balaban J connectivity index is 3.83. The number of carbonyl (C=O) groups is 2. The molecule has 2 amide bonds. The molecule has 3 N–H and O–H groups in total. The van der Waals surface area contributed by atoms with Crippen molar-refractivity contribution in [3.05, 3.63) is 25.3 Å². The van der Waals surface area contributed by atoms with Crippen LogP contribution in [0.15, 0.2) is 25.3 Å². The van der Waals surface area contributed by atoms with E-state index in [9.17, 15) is 9.59 Å². The molecule has 0 fully saturated rings. The van der Waals surface area contributed by atoms with E-state index in [4.69, 9.17) is 5.11 Å². The number of hydrogen-bond donors (Lipinski definition) is 3. The second kappa shape index (κ2) is 23.0. The van der Waals surface area contributed by atoms with Crippen molar-refractivity contribution in [1.82, 2.24) is 15.5 Å². The minimum Gasteiger partial charge on any atom is -0.396 e. The molecule has 0 heterocycles. The van der Waals surface area contributed by atoms with Crippen LogP contribution in [0.5, 0.6) is 0 Å². The molecule has 0 aliphatic carbocycles. The van der Waals surface area contributed by atoms with E-state index in [2.05, 4.69) is 28.7 Å². The van der Waals surface area contributed by atoms with Gasteiger partial charge in [0.05, 0.1) is 0 Å². The summed E-state index contributed by atoms with van der Waals surface area (Å²) in [6.07, 6.45) is 15.8. The van der Waals surface area contributed by atoms with Crippen molar-refractivity contribution in [3.63, 3.8) is 0 Å². The van der Waals surface area contributed by atoms with E-state index in [1.54, 1.807) is 0 Å². The van der Waals surface area contributed by atoms with E-state index in [1.165, 1.54) is 0 Å². The molecular weight excluding hydrogens is 390 g/mol. The van der Waals surface area contributed by atoms with Gasteiger partial charge in [-0.2, -0.15) is 0 Å². The zero-order valence-electron chi connectivity index (χ0n) is 19.7. The van der Waals surface area contributed by atoms with Gasteiger partial charge in [0.25, 0.3) is 0 Å². The fourth-order valence-corrected chi connectivity index (χ4v) is 3.37. The average molecular weight is 438 g/mol. The van der Waals surface area contributed by atoms with Crippen LogP contribution in [0.25, 0.3) is 0 Å². The normalized spacial score (nSPS) is 10.8. The zero-order chi connectivity index (χ0) is 23.0. The molecule has 0 aromatic heterocycles. The predicted octanol–water partition coefficient (Wildman–Crippen LogP) is 3.96. The highest BCUT2D eigenvalue weighted by atomic mass is 16.3. The molecule has 6 heteroatoms. The highest BCUT2D eigenvalue weighted by Gasteiger charge is 2.07. The van der Waals surface area contributed by atoms with Crippen LogP contribution in [0, 0.1) is 0 Å². The highest BCUT2D eigenvalue weighted by Crippen LogP contribution is 2.04. The first-order valence-corrected chi connectivity index (χ1v) is 12.2. The van der Waals surface area contributed by atoms with Crippen LogP contribution in [0.4, 0.5) is 0 Å². The summed E-state index contributed by atoms with van der Waals surface area (Å²) in [7, 11) is 0. The van der Waals surface area contributed by atoms with Crippen molar-refractivity contribution in [2.45, 2.75) is 83.5 Å². The van der Waals surface area contributed by atoms with Crippen molar-refractivity contribution in [1.29, 1.82) is 0 Å². The summed E-state index contributed by atoms with van der Waals surface area (Å²) in [6, 6.07) is 0. The first kappa shape index (κ1) is 29.3. The van der Waals surface area contributed by atoms with Crippen molar-refractivity contribution < 1.29 is 14.7 Å². The summed E-state index contributed by atoms with van der Waals surface area (Å²) in [5, 5.41) is 15.1. The van der Waals surface area contributed by atoms with E-state index in [-0.39, 0.29) is 18.4 Å². The molecule has 0 saturated heterocycles. The Kier molecular flexibility index (Phi) is 21.8. The van der Waals surface area contributed by atoms with E-state index in [1.807, 2.05) is 12.2 Å². The van der Waals surface area contributed by atoms with Crippen LogP contribution in [-0.4, -0.2) is 61.2 Å². The van der Waals surface area contributed by atoms with Gasteiger partial charge in [-0.3, -0.25) is 9.59 Å². The van der Waals surface area contributed by atoms with Crippen LogP contribution in [0.3, 0.4) is 0 Å². The Morgan fingerprint density at radius 3 is 1.55 bits per heavy atom. The molecule has 0 aromatic rings. The third-order valence-corrected chi connectivity index (χ3v) is 5.20. The first-order valence-electron chi connectivity index (χ1n) is 12.2. The molecular formula is C25H47N3O3. The smallest absolute Gasteiger partial charge is 0.219 e. The number of aliphatic hydroxyl groups is 1. The lowest BCUT2D eigenvalue weighted by molar-refractivity contribution is -0.122. The molecule has 0 unspecified atom stereocenters. The third kappa shape index (κ3) is 21.4. The monoisotopic (exact) mass is 437 g/mol. The maximum absolute atomic E-state index is 11.9. The number of aliphatic hydroxyl groups excluding tert-OH is 1. The van der Waals surface area contributed by atoms with Crippen LogP contribution in [-0.2, 0) is 9.59 Å². The number of unbranched alkanes of at least 4 members (excludes halogenated alkanes) is 6. The van der Waals surface area contributed by atoms with Gasteiger partial charge < -0.3 is 20.6 Å². The molecule has 0 aromatic carbocycles. The molecule has 0 saturated carbocycles. The standard InChI is InChI=1S/C25H47N3O3/c1-3-5-7-9-11-16-24(30)26-18-13-20-28(22-15-23-29)21-14-19-27-25(31)17-12-10-8-6-4-2/h3-4,29H,1-2,5-23H2,(H,26,30)(H,27,31). The Labute approximate surface area is 190 Å². The summed E-state index contributed by atoms with van der Waals surface area (Å²) in [5.74, 6) is 0.264. The summed E-state index contributed by atoms with van der Waals surface area (Å²) in [5.41, 5.74) is 0. The SMILES string of the molecule is C=CCCCCCC(=O)NCCCN(CCCO)CCCNC(=O)CCCCCC=C. The van der Waals surface area contributed by atoms with Gasteiger partial charge in [0.1, 0.15) is 0 Å². The summed E-state index contributed by atoms with van der Waals surface area (Å²) >= 11 is 0. The van der Waals surface area contributed by atoms with Gasteiger partial charge >= 0.3 is 0 Å². The summed E-state index contributed by atoms with van der Waals surface area (Å²) in [4.78, 5) is 26.0. The number of allylic oxidation sites excluding steroid dienone is 2. The first-order chi connectivity index (χ1) is 15.1. The van der Waals surface area contributed by atoms with Gasteiger partial charge in [0.15, 0.2) is 0 Å². The Bertz CT molecular complexity index is 431. The maximum Gasteiger partial charge on any atom is 0.219 e. The molecule has 0 atom stereocenters. The van der Waals surface area contributed by atoms with E-state index in [0.29, 0.717) is 25.9 Å². The number of rotatable bonds is 23. The lowest BCUT2D eigenvalue weighted by Crippen LogP contribution is -2.33. The second-order valence-electron chi connectivity index (χ2n) is 8.10. The number of hydrogen-bond acceptors (Lipinski definition) is 4. The molecule has 31 heavy (non-hydrogen) atoms. The van der Waals surface area contributed by atoms with Gasteiger partial charge in [-0.15, -0.1) is 13.2 Å². The predicted molar refractivity (Wildman–Crippen MR) is 130 cm³/mol. The average Bonchev–Trinajstić information content (AvgIpc) is 2.76. The molecule has 0 aliphatic heterocycles. The second-order valence-corrected chi connectivity index (χ2v) is 8.10. The van der Waals surface area contributed by atoms with Crippen LogP contribution < -0.4 is 10.6 Å². The largest absolute Gasteiger partial charge is 0.396 e. The van der Waals surface area contributed by atoms with Crippen molar-refractivity contribution >= 4 is 11.8 Å². The number of nitrogens with zero attached hydrogens (tertiary/aromatic N) is 1. The summed E-state index contributed by atoms with van der Waals surface area (Å²) in [6.45, 7) is 11.6. The Hall–Kier alpha value is -1.66. The molecule has 0 aliphatic rings. The van der Waals surface area contributed by atoms with Crippen LogP contribution >= 0.6 is 0 Å². The van der Waals surface area contributed by atoms with Crippen molar-refractivity contribution in [2.24, 2.45) is 0 Å². The zero-order valence-corrected chi connectivity index (χ0v) is 19.7. The quantitative estimate of drug-likeness (QED) is 0.167. The van der Waals surface area contributed by atoms with Crippen molar-refractivity contribution in [2.75, 3.05) is 39.3 Å². The molecule has 0 bridgehead atoms. The van der Waals surface area contributed by atoms with E-state index < -0.39 is 0 Å². The lowest BCUT2D eigenvalue weighted by Gasteiger charge is -2.22. The van der Waals surface area contributed by atoms with Crippen LogP contribution in [0.1, 0.15) is 83.5 Å². The number of carbonyl (C=O) groups excluding carboxylic acids is 2. The minimum atomic E-state index is 0.132. The van der Waals surface area contributed by atoms with Gasteiger partial charge in [-0.25, -0.2) is 0 Å². The Morgan fingerprint density at radius 2 is 1.13 bits per heavy atom. The topological polar surface area (TPSA) is 81.7 Å². The third-order valence-electron chi connectivity index (χ3n) is 5.20. The molecule has 0 spiro atoms. The van der Waals surface area contributed by atoms with Gasteiger partial charge in [-0.05, 0) is 70.9 Å². The van der Waals surface area contributed by atoms with Gasteiger partial charge in [-0.1, -0.05) is 25.0 Å². The van der Waals surface area contributed by atoms with Crippen LogP contribution in [0.2, 0.25) is 0 Å². The van der Waals surface area contributed by atoms with Gasteiger partial charge in [0, 0.05) is 39.1 Å². The fraction of sp³-hybridized carbons (Fsp3) is 0.760. The Morgan fingerprint density at radius 1 is 0.677 bits per heavy atom. The lowest BCUT2D eigenvalue weighted by atomic mass is 10.1. The van der Waals surface area contributed by atoms with E-state index in [0.717, 1.165) is 90.3 Å². The maximum atomic E-state index is 11.9. The molecule has 180 valence electrons. The minimum absolute atomic E-state index is 0.132. The number of amides is 2. The number of nitrogens with one attached hydrogen (secondary N) is 2. The molecule has 6 nitrogen and oxygen atoms in total. The highest BCUT2D eigenvalue weighted by molar-refractivity contribution is 5.76. The van der Waals surface area contributed by atoms with Crippen molar-refractivity contribution in [3.8, 4) is 0 Å². The van der Waals surface area contributed by atoms with E-state index >= 15 is 0 Å². The molecule has 0 radical (unpaired) electrons. The van der Waals surface area contributed by atoms with Gasteiger partial charge in [0.2, 0.25) is 11.8 Å². The fourth-order valence-electron chi connectivity index (χ4n) is 3.37.